The van der Waals surface area contributed by atoms with Gasteiger partial charge in [0.1, 0.15) is 5.65 Å². The lowest BCUT2D eigenvalue weighted by Gasteiger charge is -2.18. The second-order valence-electron chi connectivity index (χ2n) is 5.04. The lowest BCUT2D eigenvalue weighted by atomic mass is 10.3. The molecule has 20 heavy (non-hydrogen) atoms. The molecule has 0 spiro atoms. The Morgan fingerprint density at radius 2 is 2.20 bits per heavy atom. The molecule has 6 heteroatoms. The minimum Gasteiger partial charge on any atom is -0.315 e. The number of fused-ring (bicyclic) bond motifs is 1. The van der Waals surface area contributed by atoms with Gasteiger partial charge in [0.15, 0.2) is 0 Å². The SMILES string of the molecule is O=c1cc(CN2CCCNCC2)nc2ccc(Br)cn12. The molecule has 0 radical (unpaired) electrons. The minimum absolute atomic E-state index is 0.0285. The maximum atomic E-state index is 12.1. The van der Waals surface area contributed by atoms with Crippen LogP contribution in [0.3, 0.4) is 0 Å². The summed E-state index contributed by atoms with van der Waals surface area (Å²) in [6, 6.07) is 5.40. The number of rotatable bonds is 2. The highest BCUT2D eigenvalue weighted by Gasteiger charge is 2.11. The van der Waals surface area contributed by atoms with E-state index < -0.39 is 0 Å². The summed E-state index contributed by atoms with van der Waals surface area (Å²) in [6.07, 6.45) is 2.89. The molecule has 5 nitrogen and oxygen atoms in total. The first-order valence-electron chi connectivity index (χ1n) is 6.83. The first-order chi connectivity index (χ1) is 9.72. The zero-order chi connectivity index (χ0) is 13.9. The first kappa shape index (κ1) is 13.7. The van der Waals surface area contributed by atoms with Gasteiger partial charge in [-0.1, -0.05) is 0 Å². The highest BCUT2D eigenvalue weighted by atomic mass is 79.9. The third-order valence-electron chi connectivity index (χ3n) is 3.49. The molecular formula is C14H17BrN4O. The van der Waals surface area contributed by atoms with Crippen LogP contribution in [0.25, 0.3) is 5.65 Å². The van der Waals surface area contributed by atoms with Crippen LogP contribution in [-0.4, -0.2) is 40.5 Å². The Kier molecular flexibility index (Phi) is 4.14. The van der Waals surface area contributed by atoms with Gasteiger partial charge in [0.25, 0.3) is 5.56 Å². The van der Waals surface area contributed by atoms with E-state index in [0.29, 0.717) is 5.65 Å². The maximum Gasteiger partial charge on any atom is 0.258 e. The van der Waals surface area contributed by atoms with Crippen LogP contribution in [0.5, 0.6) is 0 Å². The first-order valence-corrected chi connectivity index (χ1v) is 7.62. The van der Waals surface area contributed by atoms with Gasteiger partial charge in [0.05, 0.1) is 5.69 Å². The lowest BCUT2D eigenvalue weighted by Crippen LogP contribution is -2.29. The van der Waals surface area contributed by atoms with Gasteiger partial charge in [0.2, 0.25) is 0 Å². The molecule has 0 amide bonds. The molecule has 1 aliphatic rings. The van der Waals surface area contributed by atoms with Crippen molar-refractivity contribution in [3.8, 4) is 0 Å². The Morgan fingerprint density at radius 1 is 1.30 bits per heavy atom. The van der Waals surface area contributed by atoms with Gasteiger partial charge in [-0.3, -0.25) is 14.1 Å². The highest BCUT2D eigenvalue weighted by molar-refractivity contribution is 9.10. The average molecular weight is 337 g/mol. The second-order valence-corrected chi connectivity index (χ2v) is 5.96. The van der Waals surface area contributed by atoms with Crippen LogP contribution in [-0.2, 0) is 6.54 Å². The van der Waals surface area contributed by atoms with Crippen molar-refractivity contribution in [2.75, 3.05) is 26.2 Å². The Bertz CT molecular complexity index is 662. The number of hydrogen-bond donors (Lipinski definition) is 1. The third kappa shape index (κ3) is 3.08. The van der Waals surface area contributed by atoms with Gasteiger partial charge in [0, 0.05) is 36.4 Å². The second kappa shape index (κ2) is 6.03. The van der Waals surface area contributed by atoms with Crippen molar-refractivity contribution >= 4 is 21.6 Å². The molecule has 0 saturated carbocycles. The minimum atomic E-state index is -0.0285. The van der Waals surface area contributed by atoms with Crippen LogP contribution in [0, 0.1) is 0 Å². The van der Waals surface area contributed by atoms with Gasteiger partial charge in [-0.25, -0.2) is 4.98 Å². The van der Waals surface area contributed by atoms with E-state index in [0.717, 1.165) is 49.3 Å². The Labute approximate surface area is 125 Å². The fourth-order valence-electron chi connectivity index (χ4n) is 2.50. The lowest BCUT2D eigenvalue weighted by molar-refractivity contribution is 0.281. The monoisotopic (exact) mass is 336 g/mol. The van der Waals surface area contributed by atoms with Crippen molar-refractivity contribution in [3.63, 3.8) is 0 Å². The maximum absolute atomic E-state index is 12.1. The van der Waals surface area contributed by atoms with E-state index in [-0.39, 0.29) is 5.56 Å². The van der Waals surface area contributed by atoms with Crippen LogP contribution in [0.4, 0.5) is 0 Å². The van der Waals surface area contributed by atoms with Gasteiger partial charge >= 0.3 is 0 Å². The molecular weight excluding hydrogens is 320 g/mol. The Hall–Kier alpha value is -1.24. The molecule has 1 fully saturated rings. The molecule has 3 rings (SSSR count). The zero-order valence-electron chi connectivity index (χ0n) is 11.2. The predicted octanol–water partition coefficient (Wildman–Crippen LogP) is 1.25. The molecule has 3 heterocycles. The molecule has 0 bridgehead atoms. The summed E-state index contributed by atoms with van der Waals surface area (Å²) in [4.78, 5) is 19.1. The molecule has 0 unspecified atom stereocenters. The fourth-order valence-corrected chi connectivity index (χ4v) is 2.83. The number of halogens is 1. The molecule has 1 aliphatic heterocycles. The molecule has 1 N–H and O–H groups in total. The van der Waals surface area contributed by atoms with Gasteiger partial charge in [-0.05, 0) is 47.6 Å². The topological polar surface area (TPSA) is 49.6 Å². The number of nitrogens with zero attached hydrogens (tertiary/aromatic N) is 3. The molecule has 0 aromatic carbocycles. The van der Waals surface area contributed by atoms with Crippen molar-refractivity contribution in [1.82, 2.24) is 19.6 Å². The molecule has 2 aromatic heterocycles. The van der Waals surface area contributed by atoms with Crippen LogP contribution in [0.2, 0.25) is 0 Å². The predicted molar refractivity (Wildman–Crippen MR) is 81.9 cm³/mol. The Morgan fingerprint density at radius 3 is 3.10 bits per heavy atom. The summed E-state index contributed by atoms with van der Waals surface area (Å²) in [5, 5.41) is 3.38. The smallest absolute Gasteiger partial charge is 0.258 e. The van der Waals surface area contributed by atoms with E-state index >= 15 is 0 Å². The van der Waals surface area contributed by atoms with Crippen LogP contribution in [0.1, 0.15) is 12.1 Å². The van der Waals surface area contributed by atoms with Crippen molar-refractivity contribution < 1.29 is 0 Å². The largest absolute Gasteiger partial charge is 0.315 e. The van der Waals surface area contributed by atoms with E-state index in [1.54, 1.807) is 16.7 Å². The van der Waals surface area contributed by atoms with E-state index in [1.807, 2.05) is 12.1 Å². The number of hydrogen-bond acceptors (Lipinski definition) is 4. The van der Waals surface area contributed by atoms with Gasteiger partial charge < -0.3 is 5.32 Å². The molecule has 0 atom stereocenters. The normalized spacial score (nSPS) is 17.2. The van der Waals surface area contributed by atoms with Crippen molar-refractivity contribution in [2.45, 2.75) is 13.0 Å². The summed E-state index contributed by atoms with van der Waals surface area (Å²) >= 11 is 3.37. The van der Waals surface area contributed by atoms with Crippen LogP contribution >= 0.6 is 15.9 Å². The standard InChI is InChI=1S/C14H17BrN4O/c15-11-2-3-13-17-12(8-14(20)19(13)9-11)10-18-6-1-4-16-5-7-18/h2-3,8-9,16H,1,4-7,10H2. The molecule has 1 saturated heterocycles. The fraction of sp³-hybridized carbons (Fsp3) is 0.429. The average Bonchev–Trinajstić information content (AvgIpc) is 2.68. The summed E-state index contributed by atoms with van der Waals surface area (Å²) in [7, 11) is 0. The quantitative estimate of drug-likeness (QED) is 0.896. The van der Waals surface area contributed by atoms with Gasteiger partial charge in [-0.2, -0.15) is 0 Å². The van der Waals surface area contributed by atoms with Crippen LogP contribution < -0.4 is 10.9 Å². The molecule has 2 aromatic rings. The summed E-state index contributed by atoms with van der Waals surface area (Å²) in [5.41, 5.74) is 1.52. The Balaban J connectivity index is 1.88. The summed E-state index contributed by atoms with van der Waals surface area (Å²) in [5.74, 6) is 0. The summed E-state index contributed by atoms with van der Waals surface area (Å²) in [6.45, 7) is 4.86. The zero-order valence-corrected chi connectivity index (χ0v) is 12.8. The molecule has 0 aliphatic carbocycles. The van der Waals surface area contributed by atoms with E-state index in [1.165, 1.54) is 0 Å². The van der Waals surface area contributed by atoms with E-state index in [4.69, 9.17) is 0 Å². The van der Waals surface area contributed by atoms with Crippen molar-refractivity contribution in [2.24, 2.45) is 0 Å². The number of pyridine rings is 1. The number of aromatic nitrogens is 2. The van der Waals surface area contributed by atoms with Crippen molar-refractivity contribution in [3.05, 3.63) is 44.9 Å². The number of nitrogens with one attached hydrogen (secondary N) is 1. The summed E-state index contributed by atoms with van der Waals surface area (Å²) < 4.78 is 2.44. The highest BCUT2D eigenvalue weighted by Crippen LogP contribution is 2.10. The van der Waals surface area contributed by atoms with Crippen molar-refractivity contribution in [1.29, 1.82) is 0 Å². The van der Waals surface area contributed by atoms with E-state index in [9.17, 15) is 4.79 Å². The van der Waals surface area contributed by atoms with E-state index in [2.05, 4.69) is 31.1 Å². The molecule has 106 valence electrons. The third-order valence-corrected chi connectivity index (χ3v) is 3.96. The van der Waals surface area contributed by atoms with Gasteiger partial charge in [-0.15, -0.1) is 0 Å². The van der Waals surface area contributed by atoms with Crippen LogP contribution in [0.15, 0.2) is 33.7 Å².